The number of fused-ring (bicyclic) bond motifs is 1. The lowest BCUT2D eigenvalue weighted by atomic mass is 10.0. The molecule has 2 aromatic carbocycles. The van der Waals surface area contributed by atoms with Crippen LogP contribution in [0.15, 0.2) is 53.7 Å². The van der Waals surface area contributed by atoms with E-state index in [-0.39, 0.29) is 12.5 Å². The maximum Gasteiger partial charge on any atom is 0.252 e. The fourth-order valence-electron chi connectivity index (χ4n) is 3.19. The Morgan fingerprint density at radius 1 is 1.03 bits per heavy atom. The molecule has 0 bridgehead atoms. The zero-order chi connectivity index (χ0) is 21.1. The van der Waals surface area contributed by atoms with Gasteiger partial charge in [-0.25, -0.2) is 9.69 Å². The summed E-state index contributed by atoms with van der Waals surface area (Å²) >= 11 is 1.39. The first kappa shape index (κ1) is 20.3. The minimum Gasteiger partial charge on any atom is -0.497 e. The molecule has 0 saturated heterocycles. The van der Waals surface area contributed by atoms with E-state index in [4.69, 9.17) is 9.47 Å². The fourth-order valence-corrected chi connectivity index (χ4v) is 4.02. The largest absolute Gasteiger partial charge is 0.497 e. The summed E-state index contributed by atoms with van der Waals surface area (Å²) in [4.78, 5) is 12.7. The maximum absolute atomic E-state index is 12.7. The first-order valence-corrected chi connectivity index (χ1v) is 10.8. The van der Waals surface area contributed by atoms with Crippen molar-refractivity contribution in [2.75, 3.05) is 17.9 Å². The standard InChI is InChI=1S/C22H24N4O3S/c1-15(2)17-6-4-16(5-7-17)12-25-21(27)14-30-22-24-23-20(26(22)25)13-29-19-10-8-18(28-3)9-11-19/h4-11,15H,12-14H2,1-3H3. The maximum atomic E-state index is 12.7. The molecule has 2 heterocycles. The Bertz CT molecular complexity index is 1020. The van der Waals surface area contributed by atoms with E-state index in [1.54, 1.807) is 16.8 Å². The highest BCUT2D eigenvalue weighted by atomic mass is 32.2. The van der Waals surface area contributed by atoms with Crippen LogP contribution in [0.5, 0.6) is 11.5 Å². The quantitative estimate of drug-likeness (QED) is 0.575. The Morgan fingerprint density at radius 3 is 2.40 bits per heavy atom. The first-order valence-electron chi connectivity index (χ1n) is 9.78. The van der Waals surface area contributed by atoms with Gasteiger partial charge in [0.1, 0.15) is 18.1 Å². The molecular formula is C22H24N4O3S. The molecule has 3 aromatic rings. The van der Waals surface area contributed by atoms with Crippen LogP contribution in [0.4, 0.5) is 0 Å². The lowest BCUT2D eigenvalue weighted by Gasteiger charge is -2.29. The predicted molar refractivity (Wildman–Crippen MR) is 116 cm³/mol. The highest BCUT2D eigenvalue weighted by molar-refractivity contribution is 7.99. The summed E-state index contributed by atoms with van der Waals surface area (Å²) in [6.45, 7) is 4.99. The first-order chi connectivity index (χ1) is 14.5. The summed E-state index contributed by atoms with van der Waals surface area (Å²) in [7, 11) is 1.62. The summed E-state index contributed by atoms with van der Waals surface area (Å²) in [6.07, 6.45) is 0. The molecule has 1 aliphatic heterocycles. The molecule has 0 unspecified atom stereocenters. The van der Waals surface area contributed by atoms with E-state index in [0.29, 0.717) is 34.9 Å². The van der Waals surface area contributed by atoms with Gasteiger partial charge in [-0.05, 0) is 41.3 Å². The number of carbonyl (C=O) groups excluding carboxylic acids is 1. The second-order valence-corrected chi connectivity index (χ2v) is 8.25. The van der Waals surface area contributed by atoms with Crippen molar-refractivity contribution >= 4 is 17.7 Å². The molecule has 8 heteroatoms. The third-order valence-electron chi connectivity index (χ3n) is 4.94. The van der Waals surface area contributed by atoms with Crippen LogP contribution >= 0.6 is 11.8 Å². The Kier molecular flexibility index (Phi) is 5.94. The molecule has 30 heavy (non-hydrogen) atoms. The van der Waals surface area contributed by atoms with Gasteiger partial charge in [-0.1, -0.05) is 49.9 Å². The van der Waals surface area contributed by atoms with Crippen LogP contribution in [0, 0.1) is 0 Å². The minimum atomic E-state index is 0.0194. The molecule has 7 nitrogen and oxygen atoms in total. The number of benzene rings is 2. The van der Waals surface area contributed by atoms with Crippen molar-refractivity contribution in [2.24, 2.45) is 0 Å². The van der Waals surface area contributed by atoms with Crippen LogP contribution in [0.3, 0.4) is 0 Å². The van der Waals surface area contributed by atoms with Crippen molar-refractivity contribution in [3.63, 3.8) is 0 Å². The van der Waals surface area contributed by atoms with Gasteiger partial charge in [0.15, 0.2) is 5.82 Å². The number of hydrogen-bond donors (Lipinski definition) is 0. The molecule has 1 amide bonds. The van der Waals surface area contributed by atoms with E-state index in [1.165, 1.54) is 17.3 Å². The van der Waals surface area contributed by atoms with Gasteiger partial charge in [0.2, 0.25) is 5.16 Å². The molecule has 0 N–H and O–H groups in total. The van der Waals surface area contributed by atoms with Crippen LogP contribution in [0.25, 0.3) is 0 Å². The number of amides is 1. The fraction of sp³-hybridized carbons (Fsp3) is 0.318. The molecular weight excluding hydrogens is 400 g/mol. The molecule has 156 valence electrons. The molecule has 1 aliphatic rings. The van der Waals surface area contributed by atoms with E-state index in [2.05, 4.69) is 48.3 Å². The van der Waals surface area contributed by atoms with Crippen LogP contribution in [0.1, 0.15) is 36.7 Å². The van der Waals surface area contributed by atoms with Crippen molar-refractivity contribution in [3.8, 4) is 11.5 Å². The summed E-state index contributed by atoms with van der Waals surface area (Å²) in [5.41, 5.74) is 2.33. The Balaban J connectivity index is 1.53. The van der Waals surface area contributed by atoms with E-state index >= 15 is 0 Å². The summed E-state index contributed by atoms with van der Waals surface area (Å²) in [5.74, 6) is 2.88. The number of ether oxygens (including phenoxy) is 2. The third kappa shape index (κ3) is 4.28. The average molecular weight is 425 g/mol. The van der Waals surface area contributed by atoms with Crippen LogP contribution in [-0.4, -0.2) is 33.6 Å². The van der Waals surface area contributed by atoms with Gasteiger partial charge in [-0.15, -0.1) is 10.2 Å². The van der Waals surface area contributed by atoms with E-state index in [1.807, 2.05) is 24.3 Å². The van der Waals surface area contributed by atoms with Crippen molar-refractivity contribution < 1.29 is 14.3 Å². The number of aromatic nitrogens is 3. The Hall–Kier alpha value is -3.00. The lowest BCUT2D eigenvalue weighted by Crippen LogP contribution is -2.45. The zero-order valence-corrected chi connectivity index (χ0v) is 18.1. The molecule has 0 atom stereocenters. The number of thioether (sulfide) groups is 1. The van der Waals surface area contributed by atoms with Gasteiger partial charge in [-0.3, -0.25) is 4.79 Å². The molecule has 0 radical (unpaired) electrons. The zero-order valence-electron chi connectivity index (χ0n) is 17.2. The summed E-state index contributed by atoms with van der Waals surface area (Å²) < 4.78 is 12.8. The smallest absolute Gasteiger partial charge is 0.252 e. The van der Waals surface area contributed by atoms with Crippen molar-refractivity contribution in [2.45, 2.75) is 38.1 Å². The van der Waals surface area contributed by atoms with Crippen molar-refractivity contribution in [1.82, 2.24) is 14.9 Å². The normalized spacial score (nSPS) is 13.5. The van der Waals surface area contributed by atoms with Gasteiger partial charge in [0.25, 0.3) is 5.91 Å². The highest BCUT2D eigenvalue weighted by Crippen LogP contribution is 2.26. The van der Waals surface area contributed by atoms with Crippen LogP contribution in [-0.2, 0) is 17.9 Å². The topological polar surface area (TPSA) is 69.5 Å². The van der Waals surface area contributed by atoms with Crippen LogP contribution in [0.2, 0.25) is 0 Å². The predicted octanol–water partition coefficient (Wildman–Crippen LogP) is 3.76. The molecule has 0 aliphatic carbocycles. The highest BCUT2D eigenvalue weighted by Gasteiger charge is 2.29. The summed E-state index contributed by atoms with van der Waals surface area (Å²) in [5, 5.41) is 10.9. The van der Waals surface area contributed by atoms with Gasteiger partial charge in [-0.2, -0.15) is 0 Å². The SMILES string of the molecule is COc1ccc(OCc2nnc3n2N(Cc2ccc(C(C)C)cc2)C(=O)CS3)cc1. The van der Waals surface area contributed by atoms with Gasteiger partial charge >= 0.3 is 0 Å². The third-order valence-corrected chi connectivity index (χ3v) is 5.84. The number of carbonyl (C=O) groups is 1. The second kappa shape index (κ2) is 8.79. The van der Waals surface area contributed by atoms with Gasteiger partial charge in [0.05, 0.1) is 19.4 Å². The summed E-state index contributed by atoms with van der Waals surface area (Å²) in [6, 6.07) is 15.7. The molecule has 0 saturated carbocycles. The Labute approximate surface area is 180 Å². The van der Waals surface area contributed by atoms with E-state index in [9.17, 15) is 4.79 Å². The number of methoxy groups -OCH3 is 1. The second-order valence-electron chi connectivity index (χ2n) is 7.31. The lowest BCUT2D eigenvalue weighted by molar-refractivity contribution is -0.118. The molecule has 1 aromatic heterocycles. The molecule has 4 rings (SSSR count). The number of hydrogen-bond acceptors (Lipinski definition) is 6. The van der Waals surface area contributed by atoms with Crippen molar-refractivity contribution in [3.05, 3.63) is 65.5 Å². The van der Waals surface area contributed by atoms with Crippen molar-refractivity contribution in [1.29, 1.82) is 0 Å². The van der Waals surface area contributed by atoms with E-state index in [0.717, 1.165) is 11.3 Å². The number of rotatable bonds is 7. The van der Waals surface area contributed by atoms with Gasteiger partial charge in [0, 0.05) is 0 Å². The van der Waals surface area contributed by atoms with Gasteiger partial charge < -0.3 is 9.47 Å². The Morgan fingerprint density at radius 2 is 1.73 bits per heavy atom. The molecule has 0 fully saturated rings. The van der Waals surface area contributed by atoms with Crippen LogP contribution < -0.4 is 14.5 Å². The molecule has 0 spiro atoms. The number of nitrogens with zero attached hydrogens (tertiary/aromatic N) is 4. The van der Waals surface area contributed by atoms with E-state index < -0.39 is 0 Å². The average Bonchev–Trinajstić information content (AvgIpc) is 3.18. The monoisotopic (exact) mass is 424 g/mol. The minimum absolute atomic E-state index is 0.0194.